The van der Waals surface area contributed by atoms with Crippen LogP contribution in [-0.4, -0.2) is 19.6 Å². The summed E-state index contributed by atoms with van der Waals surface area (Å²) in [4.78, 5) is 10.4. The van der Waals surface area contributed by atoms with Crippen molar-refractivity contribution in [2.24, 2.45) is 0 Å². The maximum absolute atomic E-state index is 12.9. The summed E-state index contributed by atoms with van der Waals surface area (Å²) in [6.07, 6.45) is 1.42. The van der Waals surface area contributed by atoms with Gasteiger partial charge in [0.25, 0.3) is 0 Å². The molecule has 0 spiro atoms. The van der Waals surface area contributed by atoms with Gasteiger partial charge in [0.15, 0.2) is 0 Å². The van der Waals surface area contributed by atoms with Gasteiger partial charge in [0, 0.05) is 44.9 Å². The molecule has 0 amide bonds. The first-order valence-corrected chi connectivity index (χ1v) is 24.8. The third-order valence-electron chi connectivity index (χ3n) is 13.7. The minimum atomic E-state index is -3.84. The van der Waals surface area contributed by atoms with Crippen molar-refractivity contribution in [3.63, 3.8) is 0 Å². The maximum atomic E-state index is 12.9. The van der Waals surface area contributed by atoms with E-state index >= 15 is 0 Å². The zero-order valence-electron chi connectivity index (χ0n) is 60.0. The number of nitrogens with zero attached hydrogens (tertiary/aromatic N) is 3. The van der Waals surface area contributed by atoms with Crippen molar-refractivity contribution in [1.82, 2.24) is 14.5 Å². The minimum Gasteiger partial charge on any atom is -0.507 e. The van der Waals surface area contributed by atoms with Crippen molar-refractivity contribution < 1.29 is 27.0 Å². The molecular formula is C69H75N3O. The number of hydrogen-bond donors (Lipinski definition) is 1. The average molecular weight is 978 g/mol. The van der Waals surface area contributed by atoms with Gasteiger partial charge in [0.05, 0.1) is 33.5 Å². The zero-order chi connectivity index (χ0) is 66.1. The van der Waals surface area contributed by atoms with E-state index in [0.29, 0.717) is 72.7 Å². The van der Waals surface area contributed by atoms with E-state index in [1.165, 1.54) is 12.3 Å². The Morgan fingerprint density at radius 1 is 0.466 bits per heavy atom. The van der Waals surface area contributed by atoms with Crippen LogP contribution < -0.4 is 0 Å². The van der Waals surface area contributed by atoms with Gasteiger partial charge in [-0.25, -0.2) is 4.98 Å². The number of benzene rings is 7. The highest BCUT2D eigenvalue weighted by atomic mass is 16.3. The van der Waals surface area contributed by atoms with E-state index in [4.69, 9.17) is 29.2 Å². The van der Waals surface area contributed by atoms with Crippen LogP contribution in [0.3, 0.4) is 0 Å². The Hall–Kier alpha value is -7.04. The molecule has 4 nitrogen and oxygen atoms in total. The molecule has 0 atom stereocenters. The lowest BCUT2D eigenvalue weighted by atomic mass is 9.79. The largest absolute Gasteiger partial charge is 0.507 e. The molecule has 7 aromatic carbocycles. The third-order valence-corrected chi connectivity index (χ3v) is 13.7. The predicted octanol–water partition coefficient (Wildman–Crippen LogP) is 18.9. The number of rotatable bonds is 7. The van der Waals surface area contributed by atoms with Gasteiger partial charge in [0.2, 0.25) is 0 Å². The van der Waals surface area contributed by atoms with Crippen molar-refractivity contribution in [3.8, 4) is 78.6 Å². The van der Waals surface area contributed by atoms with Crippen molar-refractivity contribution in [2.75, 3.05) is 0 Å². The van der Waals surface area contributed by atoms with E-state index in [9.17, 15) is 7.85 Å². The van der Waals surface area contributed by atoms with Crippen molar-refractivity contribution in [2.45, 2.75) is 138 Å². The highest BCUT2D eigenvalue weighted by molar-refractivity contribution is 5.98. The van der Waals surface area contributed by atoms with Crippen LogP contribution in [0.2, 0.25) is 0 Å². The molecule has 0 radical (unpaired) electrons. The van der Waals surface area contributed by atoms with Gasteiger partial charge in [-0.05, 0) is 144 Å². The Bertz CT molecular complexity index is 4150. The van der Waals surface area contributed by atoms with E-state index in [2.05, 4.69) is 86.6 Å². The second kappa shape index (κ2) is 18.5. The first-order valence-electron chi connectivity index (χ1n) is 32.8. The fourth-order valence-electron chi connectivity index (χ4n) is 9.33. The summed E-state index contributed by atoms with van der Waals surface area (Å²) >= 11 is 0. The summed E-state index contributed by atoms with van der Waals surface area (Å²) in [5, 5.41) is 12.9. The molecule has 73 heavy (non-hydrogen) atoms. The minimum absolute atomic E-state index is 0.0348. The molecular weight excluding hydrogens is 887 g/mol. The number of aromatic nitrogens is 3. The molecule has 0 saturated carbocycles. The molecule has 372 valence electrons. The Morgan fingerprint density at radius 3 is 1.74 bits per heavy atom. The number of aryl methyl sites for hydroxylation is 1. The quantitative estimate of drug-likeness (QED) is 0.173. The molecule has 0 aliphatic heterocycles. The summed E-state index contributed by atoms with van der Waals surface area (Å²) in [6.45, 7) is 11.0. The van der Waals surface area contributed by atoms with Crippen molar-refractivity contribution in [1.29, 1.82) is 0 Å². The summed E-state index contributed by atoms with van der Waals surface area (Å²) in [7, 11) is 0. The van der Waals surface area contributed by atoms with Crippen LogP contribution in [0.25, 0.3) is 83.9 Å². The number of imidazole rings is 1. The number of hydrogen-bond acceptors (Lipinski definition) is 3. The smallest absolute Gasteiger partial charge is 0.149 e. The lowest BCUT2D eigenvalue weighted by molar-refractivity contribution is 0.446. The second-order valence-corrected chi connectivity index (χ2v) is 23.5. The van der Waals surface area contributed by atoms with Gasteiger partial charge in [-0.3, -0.25) is 9.55 Å². The number of phenolic OH excluding ortho intramolecular Hbond substituents is 1. The van der Waals surface area contributed by atoms with E-state index in [1.54, 1.807) is 12.1 Å². The van der Waals surface area contributed by atoms with E-state index in [-0.39, 0.29) is 27.9 Å². The summed E-state index contributed by atoms with van der Waals surface area (Å²) in [6, 6.07) is 36.1. The lowest BCUT2D eigenvalue weighted by Crippen LogP contribution is -2.17. The lowest BCUT2D eigenvalue weighted by Gasteiger charge is -2.28. The van der Waals surface area contributed by atoms with E-state index in [1.807, 2.05) is 110 Å². The average Bonchev–Trinajstić information content (AvgIpc) is 0.861. The Morgan fingerprint density at radius 2 is 1.11 bits per heavy atom. The van der Waals surface area contributed by atoms with Crippen LogP contribution in [-0.2, 0) is 27.1 Å². The third kappa shape index (κ3) is 10.2. The molecule has 0 fully saturated rings. The van der Waals surface area contributed by atoms with Crippen LogP contribution in [0.4, 0.5) is 0 Å². The topological polar surface area (TPSA) is 50.9 Å². The predicted molar refractivity (Wildman–Crippen MR) is 311 cm³/mol. The van der Waals surface area contributed by atoms with Crippen LogP contribution in [0.15, 0.2) is 158 Å². The van der Waals surface area contributed by atoms with Gasteiger partial charge in [-0.15, -0.1) is 0 Å². The zero-order valence-corrected chi connectivity index (χ0v) is 44.0. The van der Waals surface area contributed by atoms with Crippen molar-refractivity contribution in [3.05, 3.63) is 191 Å². The van der Waals surface area contributed by atoms with Gasteiger partial charge in [-0.1, -0.05) is 207 Å². The summed E-state index contributed by atoms with van der Waals surface area (Å²) in [5.41, 5.74) is 3.81. The highest BCUT2D eigenvalue weighted by Crippen LogP contribution is 2.47. The molecule has 9 rings (SSSR count). The standard InChI is InChI=1S/C69H75N3O/c1-43-35-56(46-27-31-51(32-28-46)66(5,6)7)61(42-55(43)45-21-18-17-19-22-45)72-60-24-20-23-54(62(60)71-64(72)57-40-53(68(11,12)13)41-58(63(57)73)69(14,15)16)48-36-49(38-52(37-48)67(8,9)10)59-39-47(33-34-70-59)44-25-29-50(30-26-44)65(2,3)4/h17-42,73H,1-16H3/i1D3,2D3,3D3,4D3,25D,26D,29D,30D. The Balaban J connectivity index is 1.37. The molecule has 0 unspecified atom stereocenters. The van der Waals surface area contributed by atoms with Gasteiger partial charge in [-0.2, -0.15) is 0 Å². The monoisotopic (exact) mass is 978 g/mol. The molecule has 2 aromatic heterocycles. The second-order valence-electron chi connectivity index (χ2n) is 23.5. The van der Waals surface area contributed by atoms with Gasteiger partial charge >= 0.3 is 0 Å². The molecule has 0 saturated heterocycles. The molecule has 1 N–H and O–H groups in total. The number of phenols is 1. The molecule has 2 heterocycles. The number of fused-ring (bicyclic) bond motifs is 1. The van der Waals surface area contributed by atoms with Crippen LogP contribution >= 0.6 is 0 Å². The van der Waals surface area contributed by atoms with E-state index < -0.39 is 78.8 Å². The Labute approximate surface area is 458 Å². The van der Waals surface area contributed by atoms with Gasteiger partial charge in [0.1, 0.15) is 11.6 Å². The van der Waals surface area contributed by atoms with Crippen molar-refractivity contribution >= 4 is 11.0 Å². The Kier molecular flexibility index (Phi) is 8.70. The SMILES string of the molecule is [2H]c1c([2H])c(C(C([2H])([2H])[2H])(C([2H])([2H])[2H])C([2H])([2H])[2H])c([2H])c([2H])c1-c1ccnc(-c2cc(-c3cccc4c3nc(-c3cc(C(C)(C)C)cc(C(C)(C)C)c3O)n4-c3cc(-c4ccccc4)c(C([2H])([2H])[2H])cc3-c3ccc(C(C)(C)C)cc3)cc(C(C)(C)C)c2)c1. The van der Waals surface area contributed by atoms with Crippen LogP contribution in [0.5, 0.6) is 5.75 Å². The van der Waals surface area contributed by atoms with Crippen LogP contribution in [0, 0.1) is 6.85 Å². The van der Waals surface area contributed by atoms with Gasteiger partial charge < -0.3 is 5.11 Å². The molecule has 0 aliphatic carbocycles. The first kappa shape index (κ1) is 34.4. The molecule has 0 bridgehead atoms. The summed E-state index contributed by atoms with van der Waals surface area (Å²) in [5.74, 6) is 0.420. The fraction of sp³-hybridized carbons (Fsp3) is 0.304. The number of para-hydroxylation sites is 1. The fourth-order valence-corrected chi connectivity index (χ4v) is 9.33. The van der Waals surface area contributed by atoms with E-state index in [0.717, 1.165) is 22.3 Å². The molecule has 0 aliphatic rings. The number of aromatic hydroxyl groups is 1. The number of pyridine rings is 1. The highest BCUT2D eigenvalue weighted by Gasteiger charge is 2.30. The normalized spacial score (nSPS) is 16.6. The van der Waals surface area contributed by atoms with Crippen LogP contribution in [0.1, 0.15) is 159 Å². The molecule has 4 heteroatoms. The first-order chi connectivity index (χ1) is 40.8. The molecule has 9 aromatic rings. The summed E-state index contributed by atoms with van der Waals surface area (Å²) < 4.78 is 141. The maximum Gasteiger partial charge on any atom is 0.149 e.